The third-order valence-electron chi connectivity index (χ3n) is 3.17. The van der Waals surface area contributed by atoms with Crippen LogP contribution in [0.5, 0.6) is 11.5 Å². The molecule has 0 spiro atoms. The Kier molecular flexibility index (Phi) is 2.67. The molecule has 0 bridgehead atoms. The van der Waals surface area contributed by atoms with Gasteiger partial charge in [0.2, 0.25) is 0 Å². The van der Waals surface area contributed by atoms with E-state index in [0.29, 0.717) is 0 Å². The van der Waals surface area contributed by atoms with Crippen molar-refractivity contribution in [3.8, 4) is 11.5 Å². The molecule has 0 unspecified atom stereocenters. The van der Waals surface area contributed by atoms with E-state index in [2.05, 4.69) is 26.8 Å². The van der Waals surface area contributed by atoms with Crippen LogP contribution in [0, 0.1) is 5.41 Å². The van der Waals surface area contributed by atoms with Gasteiger partial charge in [0.1, 0.15) is 11.4 Å². The van der Waals surface area contributed by atoms with Crippen molar-refractivity contribution in [1.82, 2.24) is 0 Å². The first-order chi connectivity index (χ1) is 9.05. The Morgan fingerprint density at radius 1 is 0.842 bits per heavy atom. The molecule has 0 amide bonds. The average molecular weight is 251 g/mol. The fourth-order valence-corrected chi connectivity index (χ4v) is 2.26. The van der Waals surface area contributed by atoms with Gasteiger partial charge in [0, 0.05) is 11.0 Å². The lowest BCUT2D eigenvalue weighted by Crippen LogP contribution is -2.21. The zero-order chi connectivity index (χ0) is 13.5. The third kappa shape index (κ3) is 2.14. The van der Waals surface area contributed by atoms with Gasteiger partial charge in [0.15, 0.2) is 5.75 Å². The summed E-state index contributed by atoms with van der Waals surface area (Å²) in [6, 6.07) is 16.0. The van der Waals surface area contributed by atoms with E-state index in [9.17, 15) is 0 Å². The van der Waals surface area contributed by atoms with Gasteiger partial charge >= 0.3 is 0 Å². The minimum Gasteiger partial charge on any atom is -0.454 e. The van der Waals surface area contributed by atoms with Gasteiger partial charge in [-0.25, -0.2) is 4.99 Å². The normalized spacial score (nSPS) is 13.7. The second kappa shape index (κ2) is 4.23. The van der Waals surface area contributed by atoms with Crippen LogP contribution in [0.3, 0.4) is 0 Å². The molecule has 3 rings (SSSR count). The number of benzene rings is 2. The largest absolute Gasteiger partial charge is 0.454 e. The summed E-state index contributed by atoms with van der Waals surface area (Å²) in [7, 11) is 0. The van der Waals surface area contributed by atoms with Crippen molar-refractivity contribution in [2.75, 3.05) is 0 Å². The van der Waals surface area contributed by atoms with E-state index in [-0.39, 0.29) is 5.41 Å². The maximum atomic E-state index is 6.01. The molecule has 2 nitrogen and oxygen atoms in total. The minimum absolute atomic E-state index is 0.0308. The van der Waals surface area contributed by atoms with Gasteiger partial charge in [-0.15, -0.1) is 0 Å². The first kappa shape index (κ1) is 12.0. The van der Waals surface area contributed by atoms with Gasteiger partial charge < -0.3 is 4.74 Å². The lowest BCUT2D eigenvalue weighted by Gasteiger charge is -2.21. The van der Waals surface area contributed by atoms with Crippen molar-refractivity contribution in [2.24, 2.45) is 10.4 Å². The molecule has 0 fully saturated rings. The Morgan fingerprint density at radius 3 is 2.21 bits per heavy atom. The molecule has 2 aromatic rings. The summed E-state index contributed by atoms with van der Waals surface area (Å²) in [5.41, 5.74) is 3.00. The van der Waals surface area contributed by atoms with E-state index >= 15 is 0 Å². The fraction of sp³-hybridized carbons (Fsp3) is 0.235. The maximum Gasteiger partial charge on any atom is 0.153 e. The second-order valence-corrected chi connectivity index (χ2v) is 5.78. The van der Waals surface area contributed by atoms with Crippen LogP contribution in [-0.4, -0.2) is 5.71 Å². The van der Waals surface area contributed by atoms with Gasteiger partial charge in [-0.3, -0.25) is 0 Å². The second-order valence-electron chi connectivity index (χ2n) is 5.78. The Labute approximate surface area is 113 Å². The number of para-hydroxylation sites is 3. The smallest absolute Gasteiger partial charge is 0.153 e. The van der Waals surface area contributed by atoms with Crippen LogP contribution in [-0.2, 0) is 0 Å². The number of ether oxygens (including phenoxy) is 1. The molecule has 0 radical (unpaired) electrons. The van der Waals surface area contributed by atoms with Crippen LogP contribution in [0.25, 0.3) is 0 Å². The lowest BCUT2D eigenvalue weighted by molar-refractivity contribution is 0.484. The van der Waals surface area contributed by atoms with Gasteiger partial charge in [-0.1, -0.05) is 45.0 Å². The Balaban J connectivity index is 2.29. The van der Waals surface area contributed by atoms with E-state index < -0.39 is 0 Å². The molecule has 0 aliphatic carbocycles. The molecule has 0 atom stereocenters. The highest BCUT2D eigenvalue weighted by Gasteiger charge is 2.26. The third-order valence-corrected chi connectivity index (χ3v) is 3.17. The quantitative estimate of drug-likeness (QED) is 0.648. The first-order valence-corrected chi connectivity index (χ1v) is 6.51. The first-order valence-electron chi connectivity index (χ1n) is 6.51. The van der Waals surface area contributed by atoms with E-state index in [1.54, 1.807) is 0 Å². The Hall–Kier alpha value is -2.09. The van der Waals surface area contributed by atoms with Crippen LogP contribution >= 0.6 is 0 Å². The van der Waals surface area contributed by atoms with Crippen LogP contribution < -0.4 is 4.74 Å². The number of hydrogen-bond acceptors (Lipinski definition) is 2. The van der Waals surface area contributed by atoms with Crippen molar-refractivity contribution in [1.29, 1.82) is 0 Å². The fourth-order valence-electron chi connectivity index (χ4n) is 2.26. The number of rotatable bonds is 0. The van der Waals surface area contributed by atoms with Gasteiger partial charge in [-0.2, -0.15) is 0 Å². The zero-order valence-corrected chi connectivity index (χ0v) is 11.5. The van der Waals surface area contributed by atoms with Gasteiger partial charge in [0.25, 0.3) is 0 Å². The average Bonchev–Trinajstić information content (AvgIpc) is 2.54. The van der Waals surface area contributed by atoms with E-state index in [4.69, 9.17) is 9.73 Å². The van der Waals surface area contributed by atoms with Crippen molar-refractivity contribution >= 4 is 11.4 Å². The summed E-state index contributed by atoms with van der Waals surface area (Å²) in [5, 5.41) is 0. The number of fused-ring (bicyclic) bond motifs is 2. The summed E-state index contributed by atoms with van der Waals surface area (Å²) in [6.07, 6.45) is 0. The van der Waals surface area contributed by atoms with Gasteiger partial charge in [-0.05, 0) is 24.3 Å². The summed E-state index contributed by atoms with van der Waals surface area (Å²) in [5.74, 6) is 1.69. The molecule has 0 saturated heterocycles. The van der Waals surface area contributed by atoms with E-state index in [1.165, 1.54) is 0 Å². The standard InChI is InChI=1S/C17H17NO/c1-17(2,3)16-12-8-4-6-10-14(12)19-15-11-7-5-9-13(15)18-16/h4-11H,1-3H3. The number of nitrogens with zero attached hydrogens (tertiary/aromatic N) is 1. The molecule has 2 heteroatoms. The molecule has 1 heterocycles. The highest BCUT2D eigenvalue weighted by atomic mass is 16.5. The summed E-state index contributed by atoms with van der Waals surface area (Å²) in [4.78, 5) is 4.84. The van der Waals surface area contributed by atoms with Crippen LogP contribution in [0.4, 0.5) is 5.69 Å². The lowest BCUT2D eigenvalue weighted by atomic mass is 9.85. The number of hydrogen-bond donors (Lipinski definition) is 0. The molecule has 0 aromatic heterocycles. The van der Waals surface area contributed by atoms with Crippen molar-refractivity contribution in [3.05, 3.63) is 54.1 Å². The topological polar surface area (TPSA) is 21.6 Å². The molecule has 96 valence electrons. The van der Waals surface area contributed by atoms with Crippen molar-refractivity contribution < 1.29 is 4.74 Å². The SMILES string of the molecule is CC(C)(C)C1=Nc2ccccc2Oc2ccccc21. The summed E-state index contributed by atoms with van der Waals surface area (Å²) in [6.45, 7) is 6.53. The maximum absolute atomic E-state index is 6.01. The molecular formula is C17H17NO. The summed E-state index contributed by atoms with van der Waals surface area (Å²) < 4.78 is 6.01. The van der Waals surface area contributed by atoms with Crippen molar-refractivity contribution in [2.45, 2.75) is 20.8 Å². The number of aliphatic imine (C=N–C) groups is 1. The highest BCUT2D eigenvalue weighted by Crippen LogP contribution is 2.40. The molecule has 0 N–H and O–H groups in total. The minimum atomic E-state index is -0.0308. The van der Waals surface area contributed by atoms with E-state index in [1.807, 2.05) is 42.5 Å². The zero-order valence-electron chi connectivity index (χ0n) is 11.5. The van der Waals surface area contributed by atoms with Crippen LogP contribution in [0.15, 0.2) is 53.5 Å². The monoisotopic (exact) mass is 251 g/mol. The molecule has 2 aromatic carbocycles. The van der Waals surface area contributed by atoms with E-state index in [0.717, 1.165) is 28.5 Å². The Morgan fingerprint density at radius 2 is 1.47 bits per heavy atom. The van der Waals surface area contributed by atoms with Gasteiger partial charge in [0.05, 0.1) is 5.71 Å². The van der Waals surface area contributed by atoms with Crippen LogP contribution in [0.2, 0.25) is 0 Å². The van der Waals surface area contributed by atoms with Crippen LogP contribution in [0.1, 0.15) is 26.3 Å². The highest BCUT2D eigenvalue weighted by molar-refractivity contribution is 6.08. The molecule has 1 aliphatic heterocycles. The molecule has 0 saturated carbocycles. The molecular weight excluding hydrogens is 234 g/mol. The molecule has 1 aliphatic rings. The predicted octanol–water partition coefficient (Wildman–Crippen LogP) is 4.96. The summed E-state index contributed by atoms with van der Waals surface area (Å²) >= 11 is 0. The van der Waals surface area contributed by atoms with Crippen molar-refractivity contribution in [3.63, 3.8) is 0 Å². The Bertz CT molecular complexity index is 650. The predicted molar refractivity (Wildman–Crippen MR) is 78.6 cm³/mol. The molecule has 19 heavy (non-hydrogen) atoms.